The van der Waals surface area contributed by atoms with E-state index in [2.05, 4.69) is 13.1 Å². The molecule has 0 fully saturated rings. The standard InChI is InChI=1S/C6H13ClOSi/c1-4-8-9(2,3)6-5-7/h5-6H,4H2,1-3H3/b6-5+. The SMILES string of the molecule is CCO[Si](C)(C)/C=C/Cl. The van der Waals surface area contributed by atoms with Crippen LogP contribution in [0.1, 0.15) is 6.92 Å². The van der Waals surface area contributed by atoms with Gasteiger partial charge in [-0.15, -0.1) is 0 Å². The Morgan fingerprint density at radius 3 is 2.44 bits per heavy atom. The molecule has 54 valence electrons. The van der Waals surface area contributed by atoms with Gasteiger partial charge in [0.05, 0.1) is 0 Å². The molecular weight excluding hydrogens is 152 g/mol. The molecule has 0 unspecified atom stereocenters. The Morgan fingerprint density at radius 2 is 2.11 bits per heavy atom. The minimum atomic E-state index is -1.52. The van der Waals surface area contributed by atoms with E-state index in [4.69, 9.17) is 16.0 Å². The molecule has 0 spiro atoms. The third-order valence-electron chi connectivity index (χ3n) is 0.981. The molecule has 0 aliphatic rings. The number of hydrogen-bond acceptors (Lipinski definition) is 1. The van der Waals surface area contributed by atoms with Crippen molar-refractivity contribution in [3.63, 3.8) is 0 Å². The largest absolute Gasteiger partial charge is 0.414 e. The fourth-order valence-corrected chi connectivity index (χ4v) is 2.63. The summed E-state index contributed by atoms with van der Waals surface area (Å²) in [5, 5.41) is 0. The first-order chi connectivity index (χ1) is 4.12. The van der Waals surface area contributed by atoms with Crippen LogP contribution in [0.25, 0.3) is 0 Å². The minimum Gasteiger partial charge on any atom is -0.414 e. The lowest BCUT2D eigenvalue weighted by atomic mass is 10.9. The highest BCUT2D eigenvalue weighted by atomic mass is 35.5. The second kappa shape index (κ2) is 4.09. The Morgan fingerprint density at radius 1 is 1.56 bits per heavy atom. The van der Waals surface area contributed by atoms with Crippen LogP contribution in [0, 0.1) is 0 Å². The molecule has 0 aromatic carbocycles. The Kier molecular flexibility index (Phi) is 4.19. The maximum Gasteiger partial charge on any atom is 0.211 e. The molecular formula is C6H13ClOSi. The zero-order chi connectivity index (χ0) is 7.33. The summed E-state index contributed by atoms with van der Waals surface area (Å²) in [6, 6.07) is 0. The molecule has 1 nitrogen and oxygen atoms in total. The summed E-state index contributed by atoms with van der Waals surface area (Å²) in [5.41, 5.74) is 3.50. The smallest absolute Gasteiger partial charge is 0.211 e. The van der Waals surface area contributed by atoms with E-state index >= 15 is 0 Å². The molecule has 3 heteroatoms. The maximum absolute atomic E-state index is 5.44. The van der Waals surface area contributed by atoms with Gasteiger partial charge in [-0.25, -0.2) is 0 Å². The van der Waals surface area contributed by atoms with E-state index in [9.17, 15) is 0 Å². The van der Waals surface area contributed by atoms with E-state index < -0.39 is 8.32 Å². The van der Waals surface area contributed by atoms with Crippen molar-refractivity contribution in [3.8, 4) is 0 Å². The average molecular weight is 165 g/mol. The van der Waals surface area contributed by atoms with Crippen LogP contribution in [-0.2, 0) is 4.43 Å². The van der Waals surface area contributed by atoms with Gasteiger partial charge >= 0.3 is 0 Å². The summed E-state index contributed by atoms with van der Waals surface area (Å²) in [5.74, 6) is 0. The molecule has 0 heterocycles. The molecule has 0 amide bonds. The van der Waals surface area contributed by atoms with Crippen LogP contribution in [0.4, 0.5) is 0 Å². The summed E-state index contributed by atoms with van der Waals surface area (Å²) in [6.45, 7) is 6.99. The van der Waals surface area contributed by atoms with E-state index in [1.54, 1.807) is 5.54 Å². The second-order valence-corrected chi connectivity index (χ2v) is 6.41. The van der Waals surface area contributed by atoms with Crippen molar-refractivity contribution < 1.29 is 4.43 Å². The Bertz CT molecular complexity index is 101. The van der Waals surface area contributed by atoms with Gasteiger partial charge in [-0.2, -0.15) is 0 Å². The lowest BCUT2D eigenvalue weighted by Gasteiger charge is -2.15. The molecule has 0 N–H and O–H groups in total. The van der Waals surface area contributed by atoms with Crippen LogP contribution < -0.4 is 0 Å². The fraction of sp³-hybridized carbons (Fsp3) is 0.667. The van der Waals surface area contributed by atoms with Gasteiger partial charge in [-0.1, -0.05) is 17.3 Å². The molecule has 0 aliphatic carbocycles. The van der Waals surface area contributed by atoms with Crippen LogP contribution in [0.5, 0.6) is 0 Å². The Labute approximate surface area is 62.8 Å². The molecule has 0 atom stereocenters. The number of halogens is 1. The first-order valence-electron chi connectivity index (χ1n) is 3.04. The van der Waals surface area contributed by atoms with Gasteiger partial charge in [0.1, 0.15) is 0 Å². The fourth-order valence-electron chi connectivity index (χ4n) is 0.572. The third-order valence-corrected chi connectivity index (χ3v) is 3.32. The molecule has 9 heavy (non-hydrogen) atoms. The van der Waals surface area contributed by atoms with Crippen molar-refractivity contribution >= 4 is 19.9 Å². The normalized spacial score (nSPS) is 12.9. The predicted octanol–water partition coefficient (Wildman–Crippen LogP) is 2.52. The van der Waals surface area contributed by atoms with Crippen LogP contribution in [0.3, 0.4) is 0 Å². The highest BCUT2D eigenvalue weighted by molar-refractivity contribution is 6.76. The van der Waals surface area contributed by atoms with Gasteiger partial charge < -0.3 is 4.43 Å². The number of hydrogen-bond donors (Lipinski definition) is 0. The van der Waals surface area contributed by atoms with Crippen LogP contribution in [0.2, 0.25) is 13.1 Å². The minimum absolute atomic E-state index is 0.778. The third kappa shape index (κ3) is 4.69. The molecule has 0 aromatic rings. The molecule has 0 radical (unpaired) electrons. The zero-order valence-corrected chi connectivity index (χ0v) is 7.90. The van der Waals surface area contributed by atoms with Gasteiger partial charge in [-0.3, -0.25) is 0 Å². The van der Waals surface area contributed by atoms with Crippen molar-refractivity contribution in [2.24, 2.45) is 0 Å². The zero-order valence-electron chi connectivity index (χ0n) is 6.15. The van der Waals surface area contributed by atoms with Gasteiger partial charge in [0.15, 0.2) is 0 Å². The van der Waals surface area contributed by atoms with Crippen molar-refractivity contribution in [3.05, 3.63) is 11.2 Å². The van der Waals surface area contributed by atoms with Crippen LogP contribution >= 0.6 is 11.6 Å². The summed E-state index contributed by atoms with van der Waals surface area (Å²) in [7, 11) is -1.52. The highest BCUT2D eigenvalue weighted by Gasteiger charge is 2.16. The van der Waals surface area contributed by atoms with Crippen molar-refractivity contribution in [1.82, 2.24) is 0 Å². The average Bonchev–Trinajstić information content (AvgIpc) is 1.64. The van der Waals surface area contributed by atoms with Crippen LogP contribution in [0.15, 0.2) is 11.2 Å². The van der Waals surface area contributed by atoms with Gasteiger partial charge in [0, 0.05) is 6.61 Å². The summed E-state index contributed by atoms with van der Waals surface area (Å²) in [4.78, 5) is 0. The Hall–Kier alpha value is 0.207. The van der Waals surface area contributed by atoms with Crippen molar-refractivity contribution in [1.29, 1.82) is 0 Å². The van der Waals surface area contributed by atoms with E-state index in [0.717, 1.165) is 6.61 Å². The van der Waals surface area contributed by atoms with Gasteiger partial charge in [-0.05, 0) is 25.6 Å². The molecule has 0 rings (SSSR count). The van der Waals surface area contributed by atoms with E-state index in [1.165, 1.54) is 0 Å². The molecule has 0 saturated heterocycles. The monoisotopic (exact) mass is 164 g/mol. The lowest BCUT2D eigenvalue weighted by Crippen LogP contribution is -2.27. The topological polar surface area (TPSA) is 9.23 Å². The van der Waals surface area contributed by atoms with Crippen molar-refractivity contribution in [2.75, 3.05) is 6.61 Å². The predicted molar refractivity (Wildman–Crippen MR) is 44.1 cm³/mol. The molecule has 0 saturated carbocycles. The van der Waals surface area contributed by atoms with Gasteiger partial charge in [0.25, 0.3) is 0 Å². The summed E-state index contributed by atoms with van der Waals surface area (Å²) >= 11 is 5.40. The first kappa shape index (κ1) is 9.21. The van der Waals surface area contributed by atoms with E-state index in [0.29, 0.717) is 0 Å². The molecule has 0 aliphatic heterocycles. The van der Waals surface area contributed by atoms with E-state index in [1.807, 2.05) is 12.6 Å². The summed E-state index contributed by atoms with van der Waals surface area (Å²) in [6.07, 6.45) is 0. The number of rotatable bonds is 3. The quantitative estimate of drug-likeness (QED) is 0.583. The second-order valence-electron chi connectivity index (χ2n) is 2.33. The summed E-state index contributed by atoms with van der Waals surface area (Å²) < 4.78 is 5.44. The lowest BCUT2D eigenvalue weighted by molar-refractivity contribution is 0.338. The maximum atomic E-state index is 5.44. The van der Waals surface area contributed by atoms with Crippen LogP contribution in [-0.4, -0.2) is 14.9 Å². The van der Waals surface area contributed by atoms with E-state index in [-0.39, 0.29) is 0 Å². The Balaban J connectivity index is 3.70. The van der Waals surface area contributed by atoms with Gasteiger partial charge in [0.2, 0.25) is 8.32 Å². The highest BCUT2D eigenvalue weighted by Crippen LogP contribution is 2.05. The molecule has 0 aromatic heterocycles. The molecule has 0 bridgehead atoms. The first-order valence-corrected chi connectivity index (χ1v) is 6.46. The van der Waals surface area contributed by atoms with Crippen molar-refractivity contribution in [2.45, 2.75) is 20.0 Å².